The van der Waals surface area contributed by atoms with E-state index in [0.717, 1.165) is 5.69 Å². The van der Waals surface area contributed by atoms with Gasteiger partial charge in [-0.3, -0.25) is 14.9 Å². The van der Waals surface area contributed by atoms with Gasteiger partial charge in [0.15, 0.2) is 5.69 Å². The molecule has 0 aliphatic carbocycles. The van der Waals surface area contributed by atoms with Crippen LogP contribution in [0.25, 0.3) is 17.2 Å². The van der Waals surface area contributed by atoms with Gasteiger partial charge in [-0.05, 0) is 12.1 Å². The number of aromatic amines is 1. The Morgan fingerprint density at radius 3 is 2.88 bits per heavy atom. The standard InChI is InChI=1S/C16H13N9O/c26-16(13-10-25(24-21-13)11-4-2-1-3-5-11)19-9-14-20-15(23-22-14)12-8-17-6-7-18-12/h1-8,10H,9H2,(H,19,26)(H,20,22,23). The molecule has 0 radical (unpaired) electrons. The van der Waals surface area contributed by atoms with Gasteiger partial charge in [-0.2, -0.15) is 5.10 Å². The van der Waals surface area contributed by atoms with Crippen LogP contribution in [0.15, 0.2) is 55.1 Å². The summed E-state index contributed by atoms with van der Waals surface area (Å²) in [6.45, 7) is 0.171. The molecule has 2 N–H and O–H groups in total. The number of carbonyl (C=O) groups is 1. The molecule has 10 nitrogen and oxygen atoms in total. The largest absolute Gasteiger partial charge is 0.343 e. The van der Waals surface area contributed by atoms with Gasteiger partial charge in [-0.15, -0.1) is 5.10 Å². The molecule has 0 aliphatic rings. The van der Waals surface area contributed by atoms with E-state index in [4.69, 9.17) is 0 Å². The quantitative estimate of drug-likeness (QED) is 0.546. The van der Waals surface area contributed by atoms with E-state index in [1.165, 1.54) is 4.68 Å². The van der Waals surface area contributed by atoms with Crippen molar-refractivity contribution >= 4 is 5.91 Å². The predicted molar refractivity (Wildman–Crippen MR) is 89.9 cm³/mol. The lowest BCUT2D eigenvalue weighted by Crippen LogP contribution is -2.23. The van der Waals surface area contributed by atoms with Crippen LogP contribution >= 0.6 is 0 Å². The fraction of sp³-hybridized carbons (Fsp3) is 0.0625. The average Bonchev–Trinajstić information content (AvgIpc) is 3.37. The van der Waals surface area contributed by atoms with Crippen molar-refractivity contribution in [2.45, 2.75) is 6.54 Å². The van der Waals surface area contributed by atoms with Gasteiger partial charge in [0.25, 0.3) is 5.91 Å². The topological polar surface area (TPSA) is 127 Å². The van der Waals surface area contributed by atoms with Gasteiger partial charge in [0.2, 0.25) is 5.82 Å². The van der Waals surface area contributed by atoms with E-state index in [9.17, 15) is 4.79 Å². The van der Waals surface area contributed by atoms with Crippen LogP contribution in [0, 0.1) is 0 Å². The molecule has 0 saturated heterocycles. The van der Waals surface area contributed by atoms with E-state index in [-0.39, 0.29) is 18.1 Å². The van der Waals surface area contributed by atoms with Crippen molar-refractivity contribution in [2.24, 2.45) is 0 Å². The fourth-order valence-corrected chi connectivity index (χ4v) is 2.23. The molecule has 1 amide bonds. The van der Waals surface area contributed by atoms with Crippen molar-refractivity contribution in [1.29, 1.82) is 0 Å². The molecule has 1 aromatic carbocycles. The first kappa shape index (κ1) is 15.6. The number of aromatic nitrogens is 8. The summed E-state index contributed by atoms with van der Waals surface area (Å²) in [5.41, 5.74) is 1.58. The molecule has 0 saturated carbocycles. The van der Waals surface area contributed by atoms with Crippen LogP contribution in [0.3, 0.4) is 0 Å². The molecule has 0 aliphatic heterocycles. The number of rotatable bonds is 5. The molecule has 0 spiro atoms. The van der Waals surface area contributed by atoms with Crippen molar-refractivity contribution < 1.29 is 4.79 Å². The van der Waals surface area contributed by atoms with Crippen LogP contribution in [-0.2, 0) is 6.54 Å². The van der Waals surface area contributed by atoms with Crippen molar-refractivity contribution in [3.63, 3.8) is 0 Å². The Morgan fingerprint density at radius 1 is 1.19 bits per heavy atom. The maximum atomic E-state index is 12.2. The van der Waals surface area contributed by atoms with Crippen LogP contribution in [-0.4, -0.2) is 46.1 Å². The van der Waals surface area contributed by atoms with Gasteiger partial charge in [-0.1, -0.05) is 23.4 Å². The third kappa shape index (κ3) is 3.29. The van der Waals surface area contributed by atoms with Crippen LogP contribution in [0.1, 0.15) is 16.3 Å². The number of para-hydroxylation sites is 1. The summed E-state index contributed by atoms with van der Waals surface area (Å²) in [4.78, 5) is 24.6. The Bertz CT molecular complexity index is 1010. The van der Waals surface area contributed by atoms with E-state index in [2.05, 4.69) is 40.8 Å². The highest BCUT2D eigenvalue weighted by atomic mass is 16.2. The Labute approximate surface area is 147 Å². The Kier molecular flexibility index (Phi) is 4.13. The first-order chi connectivity index (χ1) is 12.8. The van der Waals surface area contributed by atoms with Gasteiger partial charge in [0.05, 0.1) is 24.6 Å². The summed E-state index contributed by atoms with van der Waals surface area (Å²) in [5, 5.41) is 17.4. The highest BCUT2D eigenvalue weighted by Crippen LogP contribution is 2.09. The molecule has 0 unspecified atom stereocenters. The zero-order valence-corrected chi connectivity index (χ0v) is 13.4. The van der Waals surface area contributed by atoms with E-state index in [1.807, 2.05) is 30.3 Å². The minimum absolute atomic E-state index is 0.171. The van der Waals surface area contributed by atoms with Crippen LogP contribution in [0.4, 0.5) is 0 Å². The molecule has 4 aromatic rings. The van der Waals surface area contributed by atoms with Gasteiger partial charge in [0, 0.05) is 12.4 Å². The number of nitrogens with one attached hydrogen (secondary N) is 2. The molecular weight excluding hydrogens is 334 g/mol. The van der Waals surface area contributed by atoms with Crippen molar-refractivity contribution in [3.05, 3.63) is 66.6 Å². The van der Waals surface area contributed by atoms with E-state index < -0.39 is 0 Å². The summed E-state index contributed by atoms with van der Waals surface area (Å²) >= 11 is 0. The van der Waals surface area contributed by atoms with Crippen molar-refractivity contribution in [1.82, 2.24) is 45.5 Å². The number of hydrogen-bond acceptors (Lipinski definition) is 7. The molecule has 10 heteroatoms. The zero-order chi connectivity index (χ0) is 17.8. The first-order valence-corrected chi connectivity index (χ1v) is 7.73. The molecule has 4 rings (SSSR count). The summed E-state index contributed by atoms with van der Waals surface area (Å²) in [5.74, 6) is 0.552. The second-order valence-electron chi connectivity index (χ2n) is 5.26. The monoisotopic (exact) mass is 347 g/mol. The lowest BCUT2D eigenvalue weighted by Gasteiger charge is -1.99. The lowest BCUT2D eigenvalue weighted by atomic mass is 10.3. The average molecular weight is 347 g/mol. The molecule has 0 bridgehead atoms. The highest BCUT2D eigenvalue weighted by molar-refractivity contribution is 5.91. The normalized spacial score (nSPS) is 10.6. The maximum Gasteiger partial charge on any atom is 0.273 e. The first-order valence-electron chi connectivity index (χ1n) is 7.73. The minimum Gasteiger partial charge on any atom is -0.343 e. The Balaban J connectivity index is 1.40. The molecule has 0 atom stereocenters. The van der Waals surface area contributed by atoms with Crippen LogP contribution < -0.4 is 5.32 Å². The van der Waals surface area contributed by atoms with Gasteiger partial charge >= 0.3 is 0 Å². The smallest absolute Gasteiger partial charge is 0.273 e. The zero-order valence-electron chi connectivity index (χ0n) is 13.4. The maximum absolute atomic E-state index is 12.2. The van der Waals surface area contributed by atoms with Gasteiger partial charge in [-0.25, -0.2) is 14.6 Å². The third-order valence-corrected chi connectivity index (χ3v) is 3.49. The number of amides is 1. The van der Waals surface area contributed by atoms with E-state index in [0.29, 0.717) is 17.3 Å². The molecule has 128 valence electrons. The number of H-pyrrole nitrogens is 1. The number of hydrogen-bond donors (Lipinski definition) is 2. The second kappa shape index (κ2) is 6.89. The third-order valence-electron chi connectivity index (χ3n) is 3.49. The summed E-state index contributed by atoms with van der Waals surface area (Å²) < 4.78 is 1.54. The van der Waals surface area contributed by atoms with Crippen molar-refractivity contribution in [3.8, 4) is 17.2 Å². The Hall–Kier alpha value is -3.95. The van der Waals surface area contributed by atoms with Crippen LogP contribution in [0.5, 0.6) is 0 Å². The summed E-state index contributed by atoms with van der Waals surface area (Å²) in [6.07, 6.45) is 6.26. The van der Waals surface area contributed by atoms with E-state index >= 15 is 0 Å². The SMILES string of the molecule is O=C(NCc1nc(-c2cnccn2)n[nH]1)c1cn(-c2ccccc2)nn1. The summed E-state index contributed by atoms with van der Waals surface area (Å²) in [7, 11) is 0. The van der Waals surface area contributed by atoms with Gasteiger partial charge < -0.3 is 5.32 Å². The van der Waals surface area contributed by atoms with E-state index in [1.54, 1.807) is 24.8 Å². The summed E-state index contributed by atoms with van der Waals surface area (Å²) in [6, 6.07) is 9.42. The number of nitrogens with zero attached hydrogens (tertiary/aromatic N) is 7. The highest BCUT2D eigenvalue weighted by Gasteiger charge is 2.13. The number of carbonyl (C=O) groups excluding carboxylic acids is 1. The fourth-order valence-electron chi connectivity index (χ4n) is 2.23. The molecule has 26 heavy (non-hydrogen) atoms. The van der Waals surface area contributed by atoms with Crippen LogP contribution in [0.2, 0.25) is 0 Å². The number of benzene rings is 1. The predicted octanol–water partition coefficient (Wildman–Crippen LogP) is 0.772. The minimum atomic E-state index is -0.357. The second-order valence-corrected chi connectivity index (χ2v) is 5.26. The molecule has 3 aromatic heterocycles. The molecule has 0 fully saturated rings. The Morgan fingerprint density at radius 2 is 2.08 bits per heavy atom. The van der Waals surface area contributed by atoms with Gasteiger partial charge in [0.1, 0.15) is 11.5 Å². The molecular formula is C16H13N9O. The lowest BCUT2D eigenvalue weighted by molar-refractivity contribution is 0.0945. The molecule has 3 heterocycles. The van der Waals surface area contributed by atoms with Crippen molar-refractivity contribution in [2.75, 3.05) is 0 Å².